The molecule has 1 unspecified atom stereocenters. The lowest BCUT2D eigenvalue weighted by Gasteiger charge is -2.23. The van der Waals surface area contributed by atoms with Crippen LogP contribution in [0.3, 0.4) is 0 Å². The molecule has 18 heavy (non-hydrogen) atoms. The van der Waals surface area contributed by atoms with E-state index in [0.717, 1.165) is 5.76 Å². The summed E-state index contributed by atoms with van der Waals surface area (Å²) in [5.74, 6) is 0.627. The molecule has 2 rings (SSSR count). The first-order chi connectivity index (χ1) is 8.61. The van der Waals surface area contributed by atoms with Crippen LogP contribution in [-0.2, 0) is 0 Å². The fourth-order valence-corrected chi connectivity index (χ4v) is 1.94. The lowest BCUT2D eigenvalue weighted by Crippen LogP contribution is -2.29. The van der Waals surface area contributed by atoms with Crippen LogP contribution in [0.2, 0.25) is 5.02 Å². The quantitative estimate of drug-likeness (QED) is 0.845. The van der Waals surface area contributed by atoms with Crippen molar-refractivity contribution in [3.8, 4) is 0 Å². The zero-order valence-corrected chi connectivity index (χ0v) is 11.0. The monoisotopic (exact) mass is 263 g/mol. The van der Waals surface area contributed by atoms with E-state index >= 15 is 0 Å². The van der Waals surface area contributed by atoms with Gasteiger partial charge in [-0.05, 0) is 31.2 Å². The van der Waals surface area contributed by atoms with Crippen molar-refractivity contribution < 1.29 is 9.21 Å². The van der Waals surface area contributed by atoms with Crippen molar-refractivity contribution in [2.75, 3.05) is 7.05 Å². The smallest absolute Gasteiger partial charge is 0.255 e. The molecule has 0 saturated carbocycles. The SMILES string of the molecule is CC(c1ccco1)N(C)C(=O)c1ccccc1Cl. The van der Waals surface area contributed by atoms with Gasteiger partial charge in [0, 0.05) is 7.05 Å². The van der Waals surface area contributed by atoms with Crippen LogP contribution in [0, 0.1) is 0 Å². The third kappa shape index (κ3) is 2.41. The zero-order valence-electron chi connectivity index (χ0n) is 10.3. The number of halogens is 1. The van der Waals surface area contributed by atoms with E-state index in [-0.39, 0.29) is 11.9 Å². The van der Waals surface area contributed by atoms with E-state index in [2.05, 4.69) is 0 Å². The normalized spacial score (nSPS) is 12.2. The van der Waals surface area contributed by atoms with E-state index in [1.54, 1.807) is 48.5 Å². The van der Waals surface area contributed by atoms with Crippen LogP contribution in [0.25, 0.3) is 0 Å². The van der Waals surface area contributed by atoms with Gasteiger partial charge in [-0.3, -0.25) is 4.79 Å². The highest BCUT2D eigenvalue weighted by Crippen LogP contribution is 2.23. The van der Waals surface area contributed by atoms with Crippen LogP contribution in [0.5, 0.6) is 0 Å². The number of benzene rings is 1. The molecule has 3 nitrogen and oxygen atoms in total. The summed E-state index contributed by atoms with van der Waals surface area (Å²) in [5, 5.41) is 0.459. The molecular formula is C14H14ClNO2. The molecule has 0 radical (unpaired) electrons. The molecule has 0 saturated heterocycles. The first kappa shape index (κ1) is 12.7. The molecule has 0 spiro atoms. The van der Waals surface area contributed by atoms with Gasteiger partial charge >= 0.3 is 0 Å². The molecule has 1 atom stereocenters. The van der Waals surface area contributed by atoms with Crippen LogP contribution >= 0.6 is 11.6 Å². The Morgan fingerprint density at radius 2 is 2.00 bits per heavy atom. The van der Waals surface area contributed by atoms with Crippen molar-refractivity contribution in [1.29, 1.82) is 0 Å². The first-order valence-corrected chi connectivity index (χ1v) is 6.04. The minimum Gasteiger partial charge on any atom is -0.467 e. The fraction of sp³-hybridized carbons (Fsp3) is 0.214. The summed E-state index contributed by atoms with van der Waals surface area (Å²) in [4.78, 5) is 13.9. The van der Waals surface area contributed by atoms with E-state index in [4.69, 9.17) is 16.0 Å². The van der Waals surface area contributed by atoms with Gasteiger partial charge in [0.15, 0.2) is 0 Å². The Kier molecular flexibility index (Phi) is 3.72. The molecule has 1 amide bonds. The molecule has 0 aliphatic rings. The van der Waals surface area contributed by atoms with Crippen molar-refractivity contribution in [2.45, 2.75) is 13.0 Å². The molecule has 1 aromatic carbocycles. The highest BCUT2D eigenvalue weighted by molar-refractivity contribution is 6.33. The molecule has 0 fully saturated rings. The molecule has 2 aromatic rings. The lowest BCUT2D eigenvalue weighted by atomic mass is 10.1. The number of amides is 1. The standard InChI is InChI=1S/C14H14ClNO2/c1-10(13-8-5-9-18-13)16(2)14(17)11-6-3-4-7-12(11)15/h3-10H,1-2H3. The Bertz CT molecular complexity index is 536. The number of nitrogens with zero attached hydrogens (tertiary/aromatic N) is 1. The molecule has 0 bridgehead atoms. The number of carbonyl (C=O) groups is 1. The minimum atomic E-state index is -0.135. The Balaban J connectivity index is 2.22. The predicted molar refractivity (Wildman–Crippen MR) is 70.7 cm³/mol. The Morgan fingerprint density at radius 1 is 1.28 bits per heavy atom. The van der Waals surface area contributed by atoms with Gasteiger partial charge in [0.25, 0.3) is 5.91 Å². The van der Waals surface area contributed by atoms with Crippen LogP contribution in [0.15, 0.2) is 47.1 Å². The van der Waals surface area contributed by atoms with Gasteiger partial charge in [-0.15, -0.1) is 0 Å². The number of furan rings is 1. The second-order valence-corrected chi connectivity index (χ2v) is 4.49. The highest BCUT2D eigenvalue weighted by atomic mass is 35.5. The fourth-order valence-electron chi connectivity index (χ4n) is 1.72. The second kappa shape index (κ2) is 5.27. The van der Waals surface area contributed by atoms with Crippen LogP contribution in [0.4, 0.5) is 0 Å². The second-order valence-electron chi connectivity index (χ2n) is 4.09. The number of carbonyl (C=O) groups excluding carboxylic acids is 1. The summed E-state index contributed by atoms with van der Waals surface area (Å²) in [6.07, 6.45) is 1.60. The number of rotatable bonds is 3. The zero-order chi connectivity index (χ0) is 13.1. The molecule has 1 aromatic heterocycles. The summed E-state index contributed by atoms with van der Waals surface area (Å²) in [6, 6.07) is 10.5. The molecule has 94 valence electrons. The summed E-state index contributed by atoms with van der Waals surface area (Å²) >= 11 is 6.02. The van der Waals surface area contributed by atoms with E-state index < -0.39 is 0 Å². The summed E-state index contributed by atoms with van der Waals surface area (Å²) < 4.78 is 5.31. The van der Waals surface area contributed by atoms with Gasteiger partial charge in [-0.25, -0.2) is 0 Å². The molecule has 0 aliphatic carbocycles. The van der Waals surface area contributed by atoms with Gasteiger partial charge in [0.05, 0.1) is 22.9 Å². The van der Waals surface area contributed by atoms with Crippen LogP contribution in [0.1, 0.15) is 29.1 Å². The van der Waals surface area contributed by atoms with Crippen LogP contribution in [-0.4, -0.2) is 17.9 Å². The average Bonchev–Trinajstić information content (AvgIpc) is 2.90. The number of hydrogen-bond donors (Lipinski definition) is 0. The van der Waals surface area contributed by atoms with Gasteiger partial charge in [-0.2, -0.15) is 0 Å². The topological polar surface area (TPSA) is 33.5 Å². The largest absolute Gasteiger partial charge is 0.467 e. The summed E-state index contributed by atoms with van der Waals surface area (Å²) in [6.45, 7) is 1.91. The highest BCUT2D eigenvalue weighted by Gasteiger charge is 2.21. The van der Waals surface area contributed by atoms with E-state index in [9.17, 15) is 4.79 Å². The van der Waals surface area contributed by atoms with E-state index in [1.165, 1.54) is 0 Å². The van der Waals surface area contributed by atoms with Gasteiger partial charge in [0.1, 0.15) is 5.76 Å². The molecule has 1 heterocycles. The third-order valence-electron chi connectivity index (χ3n) is 2.96. The maximum atomic E-state index is 12.3. The molecule has 0 N–H and O–H groups in total. The van der Waals surface area contributed by atoms with Gasteiger partial charge in [0.2, 0.25) is 0 Å². The molecule has 4 heteroatoms. The lowest BCUT2D eigenvalue weighted by molar-refractivity contribution is 0.0726. The predicted octanol–water partition coefficient (Wildman–Crippen LogP) is 3.77. The Labute approximate surface area is 111 Å². The van der Waals surface area contributed by atoms with E-state index in [1.807, 2.05) is 13.0 Å². The van der Waals surface area contributed by atoms with Crippen LogP contribution < -0.4 is 0 Å². The van der Waals surface area contributed by atoms with Gasteiger partial charge in [-0.1, -0.05) is 23.7 Å². The van der Waals surface area contributed by atoms with Crippen molar-refractivity contribution in [2.24, 2.45) is 0 Å². The third-order valence-corrected chi connectivity index (χ3v) is 3.29. The average molecular weight is 264 g/mol. The van der Waals surface area contributed by atoms with Crippen molar-refractivity contribution >= 4 is 17.5 Å². The summed E-state index contributed by atoms with van der Waals surface area (Å²) in [5.41, 5.74) is 0.500. The number of hydrogen-bond acceptors (Lipinski definition) is 2. The molecular weight excluding hydrogens is 250 g/mol. The first-order valence-electron chi connectivity index (χ1n) is 5.66. The van der Waals surface area contributed by atoms with E-state index in [0.29, 0.717) is 10.6 Å². The molecule has 0 aliphatic heterocycles. The maximum Gasteiger partial charge on any atom is 0.255 e. The van der Waals surface area contributed by atoms with Crippen molar-refractivity contribution in [1.82, 2.24) is 4.90 Å². The Morgan fingerprint density at radius 3 is 2.61 bits per heavy atom. The van der Waals surface area contributed by atoms with Crippen molar-refractivity contribution in [3.05, 3.63) is 59.0 Å². The maximum absolute atomic E-state index is 12.3. The van der Waals surface area contributed by atoms with Crippen molar-refractivity contribution in [3.63, 3.8) is 0 Å². The minimum absolute atomic E-state index is 0.121. The summed E-state index contributed by atoms with van der Waals surface area (Å²) in [7, 11) is 1.73. The van der Waals surface area contributed by atoms with Gasteiger partial charge < -0.3 is 9.32 Å². The Hall–Kier alpha value is -1.74.